The molecule has 0 aromatic carbocycles. The first-order valence-electron chi connectivity index (χ1n) is 4.30. The van der Waals surface area contributed by atoms with Crippen molar-refractivity contribution in [2.75, 3.05) is 24.7 Å². The van der Waals surface area contributed by atoms with Crippen molar-refractivity contribution in [3.05, 3.63) is 5.82 Å². The van der Waals surface area contributed by atoms with Crippen molar-refractivity contribution < 1.29 is 21.6 Å². The number of alkyl halides is 3. The number of nitrogens with zero attached hydrogens (tertiary/aromatic N) is 2. The summed E-state index contributed by atoms with van der Waals surface area (Å²) in [5, 5.41) is 2.39. The maximum atomic E-state index is 12.1. The number of nitrogens with one attached hydrogen (secondary N) is 2. The molecule has 0 radical (unpaired) electrons. The summed E-state index contributed by atoms with van der Waals surface area (Å²) in [6.45, 7) is -0.0460. The average Bonchev–Trinajstić information content (AvgIpc) is 2.66. The van der Waals surface area contributed by atoms with E-state index in [1.807, 2.05) is 0 Å². The van der Waals surface area contributed by atoms with Crippen LogP contribution in [0.2, 0.25) is 0 Å². The van der Waals surface area contributed by atoms with Crippen LogP contribution < -0.4 is 10.0 Å². The molecule has 0 saturated heterocycles. The topological polar surface area (TPSA) is 84.0 Å². The zero-order chi connectivity index (χ0) is 13.1. The van der Waals surface area contributed by atoms with E-state index in [-0.39, 0.29) is 17.4 Å². The van der Waals surface area contributed by atoms with Gasteiger partial charge in [-0.15, -0.1) is 0 Å². The molecule has 6 nitrogen and oxygen atoms in total. The van der Waals surface area contributed by atoms with Gasteiger partial charge in [-0.3, -0.25) is 0 Å². The van der Waals surface area contributed by atoms with Crippen LogP contribution in [0.4, 0.5) is 18.3 Å². The highest BCUT2D eigenvalue weighted by atomic mass is 32.2. The van der Waals surface area contributed by atoms with Crippen LogP contribution in [0.15, 0.2) is 0 Å². The molecule has 1 aromatic rings. The molecular formula is C6H9F3N4O2S2. The first kappa shape index (κ1) is 14.1. The minimum atomic E-state index is -4.59. The summed E-state index contributed by atoms with van der Waals surface area (Å²) in [5.41, 5.74) is 0. The Balaban J connectivity index is 2.52. The van der Waals surface area contributed by atoms with Crippen LogP contribution in [-0.2, 0) is 16.2 Å². The van der Waals surface area contributed by atoms with Gasteiger partial charge in [0.1, 0.15) is 0 Å². The van der Waals surface area contributed by atoms with E-state index in [1.54, 1.807) is 0 Å². The van der Waals surface area contributed by atoms with Crippen molar-refractivity contribution in [1.82, 2.24) is 14.1 Å². The van der Waals surface area contributed by atoms with E-state index in [0.717, 1.165) is 0 Å². The summed E-state index contributed by atoms with van der Waals surface area (Å²) in [4.78, 5) is 3.18. The van der Waals surface area contributed by atoms with Gasteiger partial charge in [0.2, 0.25) is 21.0 Å². The highest BCUT2D eigenvalue weighted by Crippen LogP contribution is 2.28. The summed E-state index contributed by atoms with van der Waals surface area (Å²) in [6, 6.07) is 0. The summed E-state index contributed by atoms with van der Waals surface area (Å²) < 4.78 is 63.5. The molecule has 0 aliphatic rings. The Labute approximate surface area is 99.5 Å². The van der Waals surface area contributed by atoms with Gasteiger partial charge in [0.05, 0.1) is 5.75 Å². The molecule has 17 heavy (non-hydrogen) atoms. The summed E-state index contributed by atoms with van der Waals surface area (Å²) in [6.07, 6.45) is -4.59. The van der Waals surface area contributed by atoms with E-state index in [0.29, 0.717) is 11.5 Å². The molecule has 0 spiro atoms. The number of sulfonamides is 1. The molecule has 98 valence electrons. The Morgan fingerprint density at radius 1 is 1.41 bits per heavy atom. The van der Waals surface area contributed by atoms with E-state index < -0.39 is 22.0 Å². The highest BCUT2D eigenvalue weighted by molar-refractivity contribution is 7.89. The maximum Gasteiger partial charge on any atom is 0.452 e. The Hall–Kier alpha value is -0.940. The molecule has 1 heterocycles. The molecule has 0 aliphatic heterocycles. The summed E-state index contributed by atoms with van der Waals surface area (Å²) >= 11 is 0.527. The van der Waals surface area contributed by atoms with Crippen molar-refractivity contribution in [3.8, 4) is 0 Å². The average molecular weight is 290 g/mol. The summed E-state index contributed by atoms with van der Waals surface area (Å²) in [5.74, 6) is -1.49. The number of halogens is 3. The predicted octanol–water partition coefficient (Wildman–Crippen LogP) is 0.518. The van der Waals surface area contributed by atoms with Gasteiger partial charge >= 0.3 is 6.18 Å². The largest absolute Gasteiger partial charge is 0.452 e. The van der Waals surface area contributed by atoms with Crippen LogP contribution in [-0.4, -0.2) is 37.1 Å². The van der Waals surface area contributed by atoms with Crippen molar-refractivity contribution in [2.24, 2.45) is 0 Å². The Morgan fingerprint density at radius 3 is 2.53 bits per heavy atom. The lowest BCUT2D eigenvalue weighted by atomic mass is 10.6. The van der Waals surface area contributed by atoms with Crippen LogP contribution in [0, 0.1) is 0 Å². The van der Waals surface area contributed by atoms with E-state index in [2.05, 4.69) is 19.4 Å². The van der Waals surface area contributed by atoms with Gasteiger partial charge in [0.15, 0.2) is 0 Å². The van der Waals surface area contributed by atoms with Gasteiger partial charge in [-0.1, -0.05) is 0 Å². The molecule has 2 N–H and O–H groups in total. The van der Waals surface area contributed by atoms with E-state index >= 15 is 0 Å². The number of anilines is 1. The molecule has 0 bridgehead atoms. The lowest BCUT2D eigenvalue weighted by molar-refractivity contribution is -0.144. The molecule has 1 rings (SSSR count). The number of hydrogen-bond donors (Lipinski definition) is 2. The van der Waals surface area contributed by atoms with E-state index in [9.17, 15) is 21.6 Å². The van der Waals surface area contributed by atoms with Crippen molar-refractivity contribution in [1.29, 1.82) is 0 Å². The fourth-order valence-corrected chi connectivity index (χ4v) is 1.99. The monoisotopic (exact) mass is 290 g/mol. The van der Waals surface area contributed by atoms with Crippen LogP contribution in [0.25, 0.3) is 0 Å². The second kappa shape index (κ2) is 5.14. The molecule has 0 atom stereocenters. The molecule has 0 aliphatic carbocycles. The normalized spacial score (nSPS) is 12.7. The minimum Gasteiger partial charge on any atom is -0.359 e. The lowest BCUT2D eigenvalue weighted by Gasteiger charge is -2.02. The second-order valence-corrected chi connectivity index (χ2v) is 5.67. The van der Waals surface area contributed by atoms with Crippen molar-refractivity contribution in [3.63, 3.8) is 0 Å². The molecule has 0 amide bonds. The fourth-order valence-electron chi connectivity index (χ4n) is 0.805. The number of hydrogen-bond acceptors (Lipinski definition) is 6. The van der Waals surface area contributed by atoms with Crippen LogP contribution >= 0.6 is 11.5 Å². The second-order valence-electron chi connectivity index (χ2n) is 2.87. The smallest absolute Gasteiger partial charge is 0.359 e. The first-order chi connectivity index (χ1) is 7.74. The van der Waals surface area contributed by atoms with E-state index in [1.165, 1.54) is 7.05 Å². The van der Waals surface area contributed by atoms with Crippen molar-refractivity contribution >= 4 is 26.7 Å². The third kappa shape index (κ3) is 4.44. The first-order valence-corrected chi connectivity index (χ1v) is 6.73. The Bertz CT molecular complexity index is 470. The fraction of sp³-hybridized carbons (Fsp3) is 0.667. The van der Waals surface area contributed by atoms with Crippen LogP contribution in [0.1, 0.15) is 5.82 Å². The third-order valence-corrected chi connectivity index (χ3v) is 3.67. The number of rotatable bonds is 5. The molecule has 1 aromatic heterocycles. The molecule has 0 saturated carbocycles. The zero-order valence-electron chi connectivity index (χ0n) is 8.58. The van der Waals surface area contributed by atoms with E-state index in [4.69, 9.17) is 0 Å². The predicted molar refractivity (Wildman–Crippen MR) is 56.2 cm³/mol. The van der Waals surface area contributed by atoms with Gasteiger partial charge < -0.3 is 5.32 Å². The van der Waals surface area contributed by atoms with Gasteiger partial charge in [-0.05, 0) is 7.05 Å². The Morgan fingerprint density at radius 2 is 2.06 bits per heavy atom. The van der Waals surface area contributed by atoms with Gasteiger partial charge in [-0.2, -0.15) is 22.5 Å². The molecule has 0 fully saturated rings. The quantitative estimate of drug-likeness (QED) is 0.826. The highest BCUT2D eigenvalue weighted by Gasteiger charge is 2.36. The zero-order valence-corrected chi connectivity index (χ0v) is 10.2. The lowest BCUT2D eigenvalue weighted by Crippen LogP contribution is -2.26. The molecule has 0 unspecified atom stereocenters. The number of aromatic nitrogens is 2. The molecule has 11 heteroatoms. The molecular weight excluding hydrogens is 281 g/mol. The van der Waals surface area contributed by atoms with Crippen LogP contribution in [0.3, 0.4) is 0 Å². The third-order valence-electron chi connectivity index (χ3n) is 1.64. The minimum absolute atomic E-state index is 0.0460. The standard InChI is InChI=1S/C6H9F3N4O2S2/c1-10-17(14,15)3-2-11-5-12-4(13-16-5)6(7,8)9/h10H,2-3H2,1H3,(H,11,12,13). The maximum absolute atomic E-state index is 12.1. The summed E-state index contributed by atoms with van der Waals surface area (Å²) in [7, 11) is -2.14. The SMILES string of the molecule is CNS(=O)(=O)CCNc1nc(C(F)(F)F)ns1. The van der Waals surface area contributed by atoms with Crippen molar-refractivity contribution in [2.45, 2.75) is 6.18 Å². The van der Waals surface area contributed by atoms with Gasteiger partial charge in [0.25, 0.3) is 0 Å². The van der Waals surface area contributed by atoms with Gasteiger partial charge in [-0.25, -0.2) is 13.1 Å². The Kier molecular flexibility index (Phi) is 4.27. The van der Waals surface area contributed by atoms with Gasteiger partial charge in [0, 0.05) is 18.1 Å². The van der Waals surface area contributed by atoms with Crippen LogP contribution in [0.5, 0.6) is 0 Å².